The monoisotopic (exact) mass is 348 g/mol. The minimum Gasteiger partial charge on any atom is -0.378 e. The van der Waals surface area contributed by atoms with E-state index < -0.39 is 0 Å². The molecule has 1 aromatic heterocycles. The van der Waals surface area contributed by atoms with Gasteiger partial charge in [0, 0.05) is 25.1 Å². The van der Waals surface area contributed by atoms with Gasteiger partial charge < -0.3 is 10.1 Å². The lowest BCUT2D eigenvalue weighted by Gasteiger charge is -2.57. The van der Waals surface area contributed by atoms with Crippen LogP contribution in [0.15, 0.2) is 0 Å². The maximum atomic E-state index is 12.6. The first kappa shape index (κ1) is 18.4. The van der Waals surface area contributed by atoms with Gasteiger partial charge in [-0.15, -0.1) is 0 Å². The number of anilines is 1. The predicted molar refractivity (Wildman–Crippen MR) is 98.7 cm³/mol. The van der Waals surface area contributed by atoms with Crippen LogP contribution < -0.4 is 5.32 Å². The second-order valence-corrected chi connectivity index (χ2v) is 7.77. The number of aromatic nitrogens is 2. The molecule has 25 heavy (non-hydrogen) atoms. The van der Waals surface area contributed by atoms with Crippen LogP contribution in [0.5, 0.6) is 0 Å². The number of nitrogens with zero attached hydrogens (tertiary/aromatic N) is 3. The summed E-state index contributed by atoms with van der Waals surface area (Å²) in [6, 6.07) is 0.452. The van der Waals surface area contributed by atoms with Gasteiger partial charge in [0.2, 0.25) is 5.91 Å². The molecule has 6 heteroatoms. The Morgan fingerprint density at radius 3 is 2.64 bits per heavy atom. The summed E-state index contributed by atoms with van der Waals surface area (Å²) in [7, 11) is 3.98. The molecule has 2 saturated carbocycles. The average Bonchev–Trinajstić information content (AvgIpc) is 3.14. The Kier molecular flexibility index (Phi) is 5.21. The van der Waals surface area contributed by atoms with Crippen LogP contribution in [0.4, 0.5) is 5.69 Å². The molecule has 0 saturated heterocycles. The fourth-order valence-electron chi connectivity index (χ4n) is 4.94. The van der Waals surface area contributed by atoms with Crippen molar-refractivity contribution in [1.29, 1.82) is 0 Å². The molecule has 1 heterocycles. The van der Waals surface area contributed by atoms with Crippen LogP contribution in [0.1, 0.15) is 50.4 Å². The Hall–Kier alpha value is -1.40. The Morgan fingerprint density at radius 1 is 1.40 bits per heavy atom. The summed E-state index contributed by atoms with van der Waals surface area (Å²) < 4.78 is 7.80. The Bertz CT molecular complexity index is 634. The van der Waals surface area contributed by atoms with Gasteiger partial charge >= 0.3 is 0 Å². The molecular weight excluding hydrogens is 316 g/mol. The van der Waals surface area contributed by atoms with Gasteiger partial charge in [0.1, 0.15) is 0 Å². The molecule has 2 atom stereocenters. The first-order chi connectivity index (χ1) is 11.9. The second-order valence-electron chi connectivity index (χ2n) is 7.77. The van der Waals surface area contributed by atoms with E-state index in [-0.39, 0.29) is 11.3 Å². The predicted octanol–water partition coefficient (Wildman–Crippen LogP) is 2.65. The molecule has 6 nitrogen and oxygen atoms in total. The number of carbonyl (C=O) groups excluding carboxylic acids is 1. The topological polar surface area (TPSA) is 59.4 Å². The zero-order chi connectivity index (χ0) is 18.2. The maximum Gasteiger partial charge on any atom is 0.238 e. The minimum absolute atomic E-state index is 0.0368. The van der Waals surface area contributed by atoms with Crippen molar-refractivity contribution in [3.63, 3.8) is 0 Å². The number of likely N-dealkylation sites (N-methyl/N-ethyl adjacent to an activating group) is 1. The number of rotatable bonds is 6. The van der Waals surface area contributed by atoms with Crippen LogP contribution in [-0.2, 0) is 16.6 Å². The zero-order valence-corrected chi connectivity index (χ0v) is 16.3. The van der Waals surface area contributed by atoms with Crippen molar-refractivity contribution in [2.75, 3.05) is 25.5 Å². The van der Waals surface area contributed by atoms with Crippen molar-refractivity contribution in [3.8, 4) is 0 Å². The summed E-state index contributed by atoms with van der Waals surface area (Å²) in [4.78, 5) is 14.8. The number of aryl methyl sites for hydroxylation is 2. The molecule has 140 valence electrons. The Morgan fingerprint density at radius 2 is 2.08 bits per heavy atom. The number of hydrogen-bond acceptors (Lipinski definition) is 4. The molecule has 0 aromatic carbocycles. The van der Waals surface area contributed by atoms with Gasteiger partial charge in [-0.2, -0.15) is 5.10 Å². The Balaban J connectivity index is 1.62. The molecule has 2 fully saturated rings. The lowest BCUT2D eigenvalue weighted by atomic mass is 9.60. The van der Waals surface area contributed by atoms with Gasteiger partial charge in [-0.3, -0.25) is 14.4 Å². The summed E-state index contributed by atoms with van der Waals surface area (Å²) in [5, 5.41) is 7.42. The van der Waals surface area contributed by atoms with E-state index in [4.69, 9.17) is 4.74 Å². The van der Waals surface area contributed by atoms with Crippen molar-refractivity contribution in [2.45, 2.75) is 65.0 Å². The van der Waals surface area contributed by atoms with Gasteiger partial charge in [-0.05, 0) is 47.1 Å². The third-order valence-corrected chi connectivity index (χ3v) is 6.34. The van der Waals surface area contributed by atoms with E-state index in [0.29, 0.717) is 18.7 Å². The van der Waals surface area contributed by atoms with Gasteiger partial charge in [0.05, 0.1) is 29.7 Å². The summed E-state index contributed by atoms with van der Waals surface area (Å²) >= 11 is 0. The standard InChI is InChI=1S/C19H32N4O2/c1-6-25-16-11-15(19(16)9-7-8-10-19)22(4)12-17(24)20-18-13(2)21-23(5)14(18)3/h15-16H,6-12H2,1-5H3,(H,20,24)/t15-,16+/m1/s1. The summed E-state index contributed by atoms with van der Waals surface area (Å²) in [6.07, 6.45) is 6.45. The third kappa shape index (κ3) is 3.22. The fourth-order valence-corrected chi connectivity index (χ4v) is 4.94. The van der Waals surface area contributed by atoms with Crippen molar-refractivity contribution < 1.29 is 9.53 Å². The quantitative estimate of drug-likeness (QED) is 0.859. The van der Waals surface area contributed by atoms with Crippen molar-refractivity contribution in [2.24, 2.45) is 12.5 Å². The van der Waals surface area contributed by atoms with E-state index in [1.807, 2.05) is 20.9 Å². The number of nitrogens with one attached hydrogen (secondary N) is 1. The lowest BCUT2D eigenvalue weighted by molar-refractivity contribution is -0.162. The van der Waals surface area contributed by atoms with E-state index in [0.717, 1.165) is 30.1 Å². The van der Waals surface area contributed by atoms with E-state index in [2.05, 4.69) is 29.3 Å². The van der Waals surface area contributed by atoms with E-state index in [1.54, 1.807) is 4.68 Å². The van der Waals surface area contributed by atoms with Crippen LogP contribution in [0.2, 0.25) is 0 Å². The normalized spacial score (nSPS) is 24.7. The molecule has 0 radical (unpaired) electrons. The molecule has 0 bridgehead atoms. The molecule has 1 amide bonds. The van der Waals surface area contributed by atoms with E-state index >= 15 is 0 Å². The van der Waals surface area contributed by atoms with Crippen molar-refractivity contribution >= 4 is 11.6 Å². The van der Waals surface area contributed by atoms with E-state index in [1.165, 1.54) is 25.7 Å². The largest absolute Gasteiger partial charge is 0.378 e. The molecular formula is C19H32N4O2. The van der Waals surface area contributed by atoms with Crippen LogP contribution in [0.25, 0.3) is 0 Å². The maximum absolute atomic E-state index is 12.6. The number of amides is 1. The fraction of sp³-hybridized carbons (Fsp3) is 0.789. The molecule has 1 aromatic rings. The van der Waals surface area contributed by atoms with Gasteiger partial charge in [-0.25, -0.2) is 0 Å². The zero-order valence-electron chi connectivity index (χ0n) is 16.3. The highest BCUT2D eigenvalue weighted by Crippen LogP contribution is 2.56. The molecule has 3 rings (SSSR count). The summed E-state index contributed by atoms with van der Waals surface area (Å²) in [6.45, 7) is 7.18. The molecule has 1 spiro atoms. The SMILES string of the molecule is CCO[C@H]1C[C@@H](N(C)CC(=O)Nc2c(C)nn(C)c2C)C12CCCC2. The number of carbonyl (C=O) groups is 1. The lowest BCUT2D eigenvalue weighted by Crippen LogP contribution is -2.63. The van der Waals surface area contributed by atoms with Crippen LogP contribution in [0, 0.1) is 19.3 Å². The number of hydrogen-bond donors (Lipinski definition) is 1. The second kappa shape index (κ2) is 7.08. The third-order valence-electron chi connectivity index (χ3n) is 6.34. The number of ether oxygens (including phenoxy) is 1. The average molecular weight is 348 g/mol. The first-order valence-corrected chi connectivity index (χ1v) is 9.51. The van der Waals surface area contributed by atoms with Crippen LogP contribution >= 0.6 is 0 Å². The van der Waals surface area contributed by atoms with Gasteiger partial charge in [0.25, 0.3) is 0 Å². The first-order valence-electron chi connectivity index (χ1n) is 9.51. The van der Waals surface area contributed by atoms with Crippen LogP contribution in [-0.4, -0.2) is 52.9 Å². The summed E-state index contributed by atoms with van der Waals surface area (Å²) in [5.41, 5.74) is 2.96. The van der Waals surface area contributed by atoms with E-state index in [9.17, 15) is 4.79 Å². The Labute approximate surface area is 150 Å². The highest BCUT2D eigenvalue weighted by atomic mass is 16.5. The van der Waals surface area contributed by atoms with Crippen molar-refractivity contribution in [3.05, 3.63) is 11.4 Å². The molecule has 2 aliphatic rings. The molecule has 1 N–H and O–H groups in total. The smallest absolute Gasteiger partial charge is 0.238 e. The van der Waals surface area contributed by atoms with Gasteiger partial charge in [-0.1, -0.05) is 12.8 Å². The minimum atomic E-state index is 0.0368. The summed E-state index contributed by atoms with van der Waals surface area (Å²) in [5.74, 6) is 0.0368. The molecule has 2 aliphatic carbocycles. The molecule has 0 unspecified atom stereocenters. The van der Waals surface area contributed by atoms with Crippen LogP contribution in [0.3, 0.4) is 0 Å². The molecule has 0 aliphatic heterocycles. The van der Waals surface area contributed by atoms with Gasteiger partial charge in [0.15, 0.2) is 0 Å². The van der Waals surface area contributed by atoms with Crippen molar-refractivity contribution in [1.82, 2.24) is 14.7 Å². The highest BCUT2D eigenvalue weighted by Gasteiger charge is 2.57. The highest BCUT2D eigenvalue weighted by molar-refractivity contribution is 5.93.